The maximum Gasteiger partial charge on any atom is 0.309 e. The Morgan fingerprint density at radius 1 is 1.26 bits per heavy atom. The van der Waals surface area contributed by atoms with Gasteiger partial charge in [0.1, 0.15) is 0 Å². The molecule has 0 aliphatic carbocycles. The number of carbonyl (C=O) groups excluding carboxylic acids is 2. The highest BCUT2D eigenvalue weighted by Gasteiger charge is 2.27. The zero-order valence-electron chi connectivity index (χ0n) is 12.9. The van der Waals surface area contributed by atoms with Crippen LogP contribution in [0.2, 0.25) is 0 Å². The van der Waals surface area contributed by atoms with Crippen molar-refractivity contribution in [2.24, 2.45) is 0 Å². The number of amides is 2. The van der Waals surface area contributed by atoms with Gasteiger partial charge in [0.2, 0.25) is 10.0 Å². The lowest BCUT2D eigenvalue weighted by atomic mass is 10.3. The molecule has 1 aliphatic heterocycles. The molecule has 1 aromatic heterocycles. The third-order valence-corrected chi connectivity index (χ3v) is 5.42. The van der Waals surface area contributed by atoms with Gasteiger partial charge in [0.15, 0.2) is 0 Å². The Hall–Kier alpha value is -2.00. The maximum atomic E-state index is 11.7. The van der Waals surface area contributed by atoms with E-state index in [2.05, 4.69) is 15.6 Å². The van der Waals surface area contributed by atoms with Crippen molar-refractivity contribution in [1.29, 1.82) is 0 Å². The predicted octanol–water partition coefficient (Wildman–Crippen LogP) is -0.842. The second-order valence-electron chi connectivity index (χ2n) is 5.33. The predicted molar refractivity (Wildman–Crippen MR) is 83.8 cm³/mol. The van der Waals surface area contributed by atoms with Crippen LogP contribution in [0.15, 0.2) is 18.3 Å². The fourth-order valence-corrected chi connectivity index (χ4v) is 3.70. The van der Waals surface area contributed by atoms with Crippen molar-refractivity contribution in [2.45, 2.75) is 19.9 Å². The molecule has 9 heteroatoms. The molecule has 8 nitrogen and oxygen atoms in total. The van der Waals surface area contributed by atoms with Gasteiger partial charge in [-0.25, -0.2) is 12.7 Å². The Morgan fingerprint density at radius 2 is 2.00 bits per heavy atom. The van der Waals surface area contributed by atoms with E-state index in [1.165, 1.54) is 4.31 Å². The molecule has 0 unspecified atom stereocenters. The zero-order chi connectivity index (χ0) is 16.9. The molecule has 1 aromatic rings. The van der Waals surface area contributed by atoms with E-state index in [0.717, 1.165) is 5.56 Å². The van der Waals surface area contributed by atoms with Crippen molar-refractivity contribution < 1.29 is 18.0 Å². The van der Waals surface area contributed by atoms with Crippen molar-refractivity contribution in [2.75, 3.05) is 25.4 Å². The Labute approximate surface area is 135 Å². The number of rotatable bonds is 5. The Kier molecular flexibility index (Phi) is 5.67. The second-order valence-corrected chi connectivity index (χ2v) is 7.42. The van der Waals surface area contributed by atoms with Crippen LogP contribution in [0.25, 0.3) is 0 Å². The van der Waals surface area contributed by atoms with Gasteiger partial charge in [0, 0.05) is 25.8 Å². The van der Waals surface area contributed by atoms with E-state index in [9.17, 15) is 18.0 Å². The van der Waals surface area contributed by atoms with Gasteiger partial charge in [-0.05, 0) is 25.0 Å². The highest BCUT2D eigenvalue weighted by atomic mass is 32.2. The molecule has 1 aliphatic rings. The van der Waals surface area contributed by atoms with E-state index >= 15 is 0 Å². The Bertz CT molecular complexity index is 673. The van der Waals surface area contributed by atoms with Crippen molar-refractivity contribution >= 4 is 21.8 Å². The van der Waals surface area contributed by atoms with Crippen LogP contribution in [0.3, 0.4) is 0 Å². The van der Waals surface area contributed by atoms with Gasteiger partial charge in [0.05, 0.1) is 18.0 Å². The van der Waals surface area contributed by atoms with Crippen LogP contribution in [0, 0.1) is 6.92 Å². The van der Waals surface area contributed by atoms with Crippen LogP contribution in [-0.4, -0.2) is 54.9 Å². The lowest BCUT2D eigenvalue weighted by Gasteiger charge is -2.14. The summed E-state index contributed by atoms with van der Waals surface area (Å²) in [6.45, 7) is 2.81. The van der Waals surface area contributed by atoms with Gasteiger partial charge in [-0.2, -0.15) is 0 Å². The van der Waals surface area contributed by atoms with E-state index in [1.807, 2.05) is 13.0 Å². The van der Waals surface area contributed by atoms with E-state index in [1.54, 1.807) is 12.3 Å². The number of sulfonamides is 1. The van der Waals surface area contributed by atoms with Crippen molar-refractivity contribution in [1.82, 2.24) is 19.9 Å². The fraction of sp³-hybridized carbons (Fsp3) is 0.500. The number of hydrogen-bond acceptors (Lipinski definition) is 5. The summed E-state index contributed by atoms with van der Waals surface area (Å²) in [5.74, 6) is -1.41. The van der Waals surface area contributed by atoms with Crippen molar-refractivity contribution in [3.05, 3.63) is 29.6 Å². The molecule has 2 N–H and O–H groups in total. The zero-order valence-corrected chi connectivity index (χ0v) is 13.7. The topological polar surface area (TPSA) is 108 Å². The number of aromatic nitrogens is 1. The van der Waals surface area contributed by atoms with Gasteiger partial charge in [-0.15, -0.1) is 0 Å². The smallest absolute Gasteiger partial charge is 0.309 e. The quantitative estimate of drug-likeness (QED) is 0.679. The average molecular weight is 340 g/mol. The molecule has 0 saturated carbocycles. The first kappa shape index (κ1) is 17.4. The molecule has 1 fully saturated rings. The molecular weight excluding hydrogens is 320 g/mol. The highest BCUT2D eigenvalue weighted by molar-refractivity contribution is 7.89. The minimum atomic E-state index is -3.18. The lowest BCUT2D eigenvalue weighted by molar-refractivity contribution is -0.139. The molecule has 2 amide bonds. The highest BCUT2D eigenvalue weighted by Crippen LogP contribution is 2.11. The monoisotopic (exact) mass is 340 g/mol. The summed E-state index contributed by atoms with van der Waals surface area (Å²) < 4.78 is 24.5. The number of aryl methyl sites for hydroxylation is 1. The van der Waals surface area contributed by atoms with Crippen LogP contribution in [0.1, 0.15) is 17.7 Å². The Morgan fingerprint density at radius 3 is 2.61 bits per heavy atom. The first-order valence-electron chi connectivity index (χ1n) is 7.34. The largest absolute Gasteiger partial charge is 0.347 e. The summed E-state index contributed by atoms with van der Waals surface area (Å²) in [5, 5.41) is 4.88. The lowest BCUT2D eigenvalue weighted by Crippen LogP contribution is -2.43. The molecule has 0 aromatic carbocycles. The number of carbonyl (C=O) groups is 2. The molecule has 0 radical (unpaired) electrons. The molecule has 0 bridgehead atoms. The summed E-state index contributed by atoms with van der Waals surface area (Å²) in [6, 6.07) is 3.64. The Balaban J connectivity index is 1.70. The standard InChI is InChI=1S/C14H20N4O4S/c1-11-3-4-12(16-9-11)10-17-14(20)13(19)15-5-7-18-6-2-8-23(18,21)22/h3-4,9H,2,5-8,10H2,1H3,(H,15,19)(H,17,20). The molecule has 126 valence electrons. The molecule has 0 spiro atoms. The van der Waals surface area contributed by atoms with E-state index < -0.39 is 21.8 Å². The molecule has 0 atom stereocenters. The number of hydrogen-bond donors (Lipinski definition) is 2. The van der Waals surface area contributed by atoms with E-state index in [0.29, 0.717) is 18.7 Å². The van der Waals surface area contributed by atoms with Gasteiger partial charge in [-0.3, -0.25) is 14.6 Å². The summed E-state index contributed by atoms with van der Waals surface area (Å²) in [6.07, 6.45) is 2.28. The van der Waals surface area contributed by atoms with E-state index in [4.69, 9.17) is 0 Å². The summed E-state index contributed by atoms with van der Waals surface area (Å²) in [4.78, 5) is 27.4. The average Bonchev–Trinajstić information content (AvgIpc) is 2.85. The molecule has 23 heavy (non-hydrogen) atoms. The molecule has 2 rings (SSSR count). The van der Waals surface area contributed by atoms with Crippen molar-refractivity contribution in [3.8, 4) is 0 Å². The summed E-state index contributed by atoms with van der Waals surface area (Å²) in [5.41, 5.74) is 1.66. The number of pyridine rings is 1. The molecule has 1 saturated heterocycles. The van der Waals surface area contributed by atoms with Crippen LogP contribution in [0.5, 0.6) is 0 Å². The SMILES string of the molecule is Cc1ccc(CNC(=O)C(=O)NCCN2CCCS2(=O)=O)nc1. The van der Waals surface area contributed by atoms with Crippen LogP contribution >= 0.6 is 0 Å². The van der Waals surface area contributed by atoms with Crippen molar-refractivity contribution in [3.63, 3.8) is 0 Å². The third-order valence-electron chi connectivity index (χ3n) is 3.46. The molecule has 2 heterocycles. The van der Waals surface area contributed by atoms with Gasteiger partial charge >= 0.3 is 11.8 Å². The second kappa shape index (κ2) is 7.51. The molecular formula is C14H20N4O4S. The minimum Gasteiger partial charge on any atom is -0.347 e. The normalized spacial score (nSPS) is 16.9. The first-order valence-corrected chi connectivity index (χ1v) is 8.95. The maximum absolute atomic E-state index is 11.7. The van der Waals surface area contributed by atoms with Gasteiger partial charge in [0.25, 0.3) is 0 Å². The van der Waals surface area contributed by atoms with Gasteiger partial charge in [-0.1, -0.05) is 6.07 Å². The van der Waals surface area contributed by atoms with Crippen LogP contribution < -0.4 is 10.6 Å². The summed E-state index contributed by atoms with van der Waals surface area (Å²) in [7, 11) is -3.18. The van der Waals surface area contributed by atoms with Crippen LogP contribution in [-0.2, 0) is 26.2 Å². The number of nitrogens with zero attached hydrogens (tertiary/aromatic N) is 2. The minimum absolute atomic E-state index is 0.105. The summed E-state index contributed by atoms with van der Waals surface area (Å²) >= 11 is 0. The van der Waals surface area contributed by atoms with Gasteiger partial charge < -0.3 is 10.6 Å². The third kappa shape index (κ3) is 5.00. The van der Waals surface area contributed by atoms with Crippen LogP contribution in [0.4, 0.5) is 0 Å². The first-order chi connectivity index (χ1) is 10.9. The number of nitrogens with one attached hydrogen (secondary N) is 2. The fourth-order valence-electron chi connectivity index (χ4n) is 2.17. The van der Waals surface area contributed by atoms with E-state index in [-0.39, 0.29) is 25.4 Å².